The van der Waals surface area contributed by atoms with Gasteiger partial charge in [0, 0.05) is 48.8 Å². The minimum absolute atomic E-state index is 0.196. The number of hydrogen-bond acceptors (Lipinski definition) is 4. The van der Waals surface area contributed by atoms with E-state index in [4.69, 9.17) is 16.3 Å². The molecule has 2 aliphatic rings. The number of carbonyl (C=O) groups excluding carboxylic acids is 1. The molecule has 0 radical (unpaired) electrons. The number of nitrogens with one attached hydrogen (secondary N) is 1. The molecule has 1 aromatic heterocycles. The van der Waals surface area contributed by atoms with Gasteiger partial charge in [-0.25, -0.2) is 0 Å². The van der Waals surface area contributed by atoms with Crippen molar-refractivity contribution in [1.29, 1.82) is 0 Å². The quantitative estimate of drug-likeness (QED) is 0.620. The van der Waals surface area contributed by atoms with E-state index in [0.717, 1.165) is 62.3 Å². The van der Waals surface area contributed by atoms with Gasteiger partial charge in [-0.3, -0.25) is 14.5 Å². The predicted molar refractivity (Wildman–Crippen MR) is 125 cm³/mol. The second-order valence-corrected chi connectivity index (χ2v) is 9.00. The predicted octanol–water partition coefficient (Wildman–Crippen LogP) is 3.75. The Morgan fingerprint density at radius 2 is 1.78 bits per heavy atom. The molecule has 166 valence electrons. The standard InChI is InChI=1S/C25H26ClN3O3/c26-19-4-1-17(2-5-19)14-27-25(31)22-16-29(20-6-7-20)23-8-3-18(13-21(23)24(22)30)15-28-9-11-32-12-10-28/h1-5,8,13,16,20H,6-7,9-12,14-15H2,(H,27,31). The molecule has 0 atom stereocenters. The Kier molecular flexibility index (Phi) is 6.00. The maximum Gasteiger partial charge on any atom is 0.257 e. The van der Waals surface area contributed by atoms with Crippen LogP contribution < -0.4 is 10.7 Å². The lowest BCUT2D eigenvalue weighted by Gasteiger charge is -2.26. The van der Waals surface area contributed by atoms with Crippen LogP contribution in [0.1, 0.15) is 40.4 Å². The minimum Gasteiger partial charge on any atom is -0.379 e. The lowest BCUT2D eigenvalue weighted by molar-refractivity contribution is 0.0342. The number of amides is 1. The Morgan fingerprint density at radius 1 is 1.06 bits per heavy atom. The van der Waals surface area contributed by atoms with Crippen LogP contribution in [0.4, 0.5) is 0 Å². The molecule has 1 amide bonds. The Labute approximate surface area is 191 Å². The first-order valence-electron chi connectivity index (χ1n) is 11.1. The Morgan fingerprint density at radius 3 is 2.50 bits per heavy atom. The van der Waals surface area contributed by atoms with Crippen molar-refractivity contribution in [3.8, 4) is 0 Å². The van der Waals surface area contributed by atoms with Crippen LogP contribution in [0.25, 0.3) is 10.9 Å². The van der Waals surface area contributed by atoms with Gasteiger partial charge in [0.05, 0.1) is 18.7 Å². The fraction of sp³-hybridized carbons (Fsp3) is 0.360. The Hall–Kier alpha value is -2.67. The van der Waals surface area contributed by atoms with Crippen LogP contribution >= 0.6 is 11.6 Å². The van der Waals surface area contributed by atoms with Crippen LogP contribution in [0.2, 0.25) is 5.02 Å². The zero-order valence-corrected chi connectivity index (χ0v) is 18.6. The molecule has 32 heavy (non-hydrogen) atoms. The third-order valence-electron chi connectivity index (χ3n) is 6.16. The number of fused-ring (bicyclic) bond motifs is 1. The lowest BCUT2D eigenvalue weighted by Crippen LogP contribution is -2.35. The van der Waals surface area contributed by atoms with E-state index in [1.807, 2.05) is 24.3 Å². The zero-order valence-electron chi connectivity index (χ0n) is 17.9. The number of hydrogen-bond donors (Lipinski definition) is 1. The van der Waals surface area contributed by atoms with E-state index in [-0.39, 0.29) is 16.9 Å². The number of carbonyl (C=O) groups is 1. The van der Waals surface area contributed by atoms with Crippen molar-refractivity contribution in [3.63, 3.8) is 0 Å². The van der Waals surface area contributed by atoms with E-state index in [0.29, 0.717) is 23.0 Å². The number of morpholine rings is 1. The third kappa shape index (κ3) is 4.58. The molecular weight excluding hydrogens is 426 g/mol. The van der Waals surface area contributed by atoms with Gasteiger partial charge in [-0.05, 0) is 48.2 Å². The maximum atomic E-state index is 13.3. The number of rotatable bonds is 6. The van der Waals surface area contributed by atoms with E-state index < -0.39 is 0 Å². The highest BCUT2D eigenvalue weighted by atomic mass is 35.5. The molecule has 1 aliphatic carbocycles. The van der Waals surface area contributed by atoms with E-state index in [1.54, 1.807) is 18.3 Å². The van der Waals surface area contributed by atoms with Crippen LogP contribution in [0.5, 0.6) is 0 Å². The molecule has 2 heterocycles. The second-order valence-electron chi connectivity index (χ2n) is 8.56. The SMILES string of the molecule is O=C(NCc1ccc(Cl)cc1)c1cn(C2CC2)c2ccc(CN3CCOCC3)cc2c1=O. The monoisotopic (exact) mass is 451 g/mol. The van der Waals surface area contributed by atoms with Gasteiger partial charge in [-0.2, -0.15) is 0 Å². The van der Waals surface area contributed by atoms with Gasteiger partial charge in [0.2, 0.25) is 5.43 Å². The van der Waals surface area contributed by atoms with Crippen LogP contribution in [-0.4, -0.2) is 41.7 Å². The van der Waals surface area contributed by atoms with Crippen molar-refractivity contribution in [2.24, 2.45) is 0 Å². The lowest BCUT2D eigenvalue weighted by atomic mass is 10.1. The summed E-state index contributed by atoms with van der Waals surface area (Å²) < 4.78 is 7.54. The van der Waals surface area contributed by atoms with Crippen molar-refractivity contribution < 1.29 is 9.53 Å². The maximum absolute atomic E-state index is 13.3. The molecule has 1 saturated heterocycles. The molecule has 7 heteroatoms. The minimum atomic E-state index is -0.347. The number of nitrogens with zero attached hydrogens (tertiary/aromatic N) is 2. The molecule has 1 aliphatic heterocycles. The molecule has 3 aromatic rings. The second kappa shape index (κ2) is 9.06. The van der Waals surface area contributed by atoms with Gasteiger partial charge < -0.3 is 14.6 Å². The highest BCUT2D eigenvalue weighted by Gasteiger charge is 2.27. The van der Waals surface area contributed by atoms with Crippen LogP contribution in [0.3, 0.4) is 0 Å². The van der Waals surface area contributed by atoms with Gasteiger partial charge in [0.1, 0.15) is 5.56 Å². The molecule has 2 fully saturated rings. The Balaban J connectivity index is 1.44. The van der Waals surface area contributed by atoms with Crippen molar-refractivity contribution in [2.75, 3.05) is 26.3 Å². The molecule has 5 rings (SSSR count). The average molecular weight is 452 g/mol. The molecule has 1 saturated carbocycles. The van der Waals surface area contributed by atoms with Gasteiger partial charge in [0.15, 0.2) is 0 Å². The number of aromatic nitrogens is 1. The van der Waals surface area contributed by atoms with Gasteiger partial charge >= 0.3 is 0 Å². The van der Waals surface area contributed by atoms with Crippen molar-refractivity contribution in [2.45, 2.75) is 32.0 Å². The largest absolute Gasteiger partial charge is 0.379 e. The van der Waals surface area contributed by atoms with Crippen LogP contribution in [-0.2, 0) is 17.8 Å². The summed E-state index contributed by atoms with van der Waals surface area (Å²) in [5.41, 5.74) is 2.89. The van der Waals surface area contributed by atoms with Crippen LogP contribution in [0.15, 0.2) is 53.5 Å². The zero-order chi connectivity index (χ0) is 22.1. The normalized spacial score (nSPS) is 16.9. The fourth-order valence-corrected chi connectivity index (χ4v) is 4.34. The van der Waals surface area contributed by atoms with Gasteiger partial charge in [-0.1, -0.05) is 29.8 Å². The molecular formula is C25H26ClN3O3. The van der Waals surface area contributed by atoms with E-state index in [1.165, 1.54) is 0 Å². The van der Waals surface area contributed by atoms with Crippen LogP contribution in [0, 0.1) is 0 Å². The van der Waals surface area contributed by atoms with E-state index in [9.17, 15) is 9.59 Å². The first kappa shape index (κ1) is 21.2. The van der Waals surface area contributed by atoms with Gasteiger partial charge in [-0.15, -0.1) is 0 Å². The summed E-state index contributed by atoms with van der Waals surface area (Å²) in [6.07, 6.45) is 3.87. The van der Waals surface area contributed by atoms with E-state index in [2.05, 4.69) is 20.9 Å². The number of pyridine rings is 1. The molecule has 0 unspecified atom stereocenters. The summed E-state index contributed by atoms with van der Waals surface area (Å²) >= 11 is 5.93. The fourth-order valence-electron chi connectivity index (χ4n) is 4.21. The third-order valence-corrected chi connectivity index (χ3v) is 6.41. The first-order valence-corrected chi connectivity index (χ1v) is 11.5. The molecule has 0 spiro atoms. The van der Waals surface area contributed by atoms with E-state index >= 15 is 0 Å². The number of benzene rings is 2. The highest BCUT2D eigenvalue weighted by Crippen LogP contribution is 2.37. The van der Waals surface area contributed by atoms with Crippen molar-refractivity contribution >= 4 is 28.4 Å². The summed E-state index contributed by atoms with van der Waals surface area (Å²) in [5.74, 6) is -0.347. The summed E-state index contributed by atoms with van der Waals surface area (Å²) in [5, 5.41) is 4.15. The van der Waals surface area contributed by atoms with Gasteiger partial charge in [0.25, 0.3) is 5.91 Å². The molecule has 2 aromatic carbocycles. The topological polar surface area (TPSA) is 63.6 Å². The summed E-state index contributed by atoms with van der Waals surface area (Å²) in [4.78, 5) is 28.6. The number of ether oxygens (including phenoxy) is 1. The highest BCUT2D eigenvalue weighted by molar-refractivity contribution is 6.30. The molecule has 6 nitrogen and oxygen atoms in total. The number of halogens is 1. The Bertz CT molecular complexity index is 1200. The van der Waals surface area contributed by atoms with Crippen molar-refractivity contribution in [3.05, 3.63) is 80.6 Å². The summed E-state index contributed by atoms with van der Waals surface area (Å²) in [6.45, 7) is 4.36. The summed E-state index contributed by atoms with van der Waals surface area (Å²) in [6, 6.07) is 13.7. The summed E-state index contributed by atoms with van der Waals surface area (Å²) in [7, 11) is 0. The first-order chi connectivity index (χ1) is 15.6. The molecule has 0 bridgehead atoms. The average Bonchev–Trinajstić information content (AvgIpc) is 3.65. The van der Waals surface area contributed by atoms with Crippen molar-refractivity contribution in [1.82, 2.24) is 14.8 Å². The smallest absolute Gasteiger partial charge is 0.257 e. The molecule has 1 N–H and O–H groups in total.